The molecule has 1 spiro atoms. The molecule has 4 heterocycles. The van der Waals surface area contributed by atoms with Gasteiger partial charge < -0.3 is 24.4 Å². The summed E-state index contributed by atoms with van der Waals surface area (Å²) in [5, 5.41) is 12.4. The first-order valence-electron chi connectivity index (χ1n) is 10.5. The average molecular weight is 406 g/mol. The third-order valence-corrected chi connectivity index (χ3v) is 6.14. The minimum absolute atomic E-state index is 0.180. The first-order chi connectivity index (χ1) is 14.7. The van der Waals surface area contributed by atoms with Gasteiger partial charge in [-0.3, -0.25) is 0 Å². The zero-order valence-electron chi connectivity index (χ0n) is 17.0. The van der Waals surface area contributed by atoms with Crippen LogP contribution in [0.2, 0.25) is 0 Å². The minimum atomic E-state index is -0.182. The van der Waals surface area contributed by atoms with E-state index < -0.39 is 0 Å². The van der Waals surface area contributed by atoms with Crippen molar-refractivity contribution in [3.63, 3.8) is 0 Å². The highest BCUT2D eigenvalue weighted by Gasteiger charge is 2.42. The van der Waals surface area contributed by atoms with E-state index in [-0.39, 0.29) is 11.7 Å². The molecule has 0 aliphatic carbocycles. The molecule has 1 N–H and O–H groups in total. The molecule has 0 amide bonds. The quantitative estimate of drug-likeness (QED) is 0.788. The first-order valence-corrected chi connectivity index (χ1v) is 10.5. The van der Waals surface area contributed by atoms with Crippen molar-refractivity contribution in [2.24, 2.45) is 5.41 Å². The lowest BCUT2D eigenvalue weighted by atomic mass is 9.83. The predicted octanol–water partition coefficient (Wildman–Crippen LogP) is 2.25. The summed E-state index contributed by atoms with van der Waals surface area (Å²) in [5.41, 5.74) is 4.09. The Bertz CT molecular complexity index is 926. The number of nitrogens with one attached hydrogen (secondary N) is 1. The highest BCUT2D eigenvalue weighted by Crippen LogP contribution is 2.30. The average Bonchev–Trinajstić information content (AvgIpc) is 3.24. The predicted molar refractivity (Wildman–Crippen MR) is 111 cm³/mol. The molecule has 7 nitrogen and oxygen atoms in total. The Kier molecular flexibility index (Phi) is 5.30. The van der Waals surface area contributed by atoms with Crippen LogP contribution in [0.5, 0.6) is 5.75 Å². The van der Waals surface area contributed by atoms with Crippen LogP contribution >= 0.6 is 0 Å². The lowest BCUT2D eigenvalue weighted by molar-refractivity contribution is -0.239. The second-order valence-electron chi connectivity index (χ2n) is 8.42. The fourth-order valence-electron chi connectivity index (χ4n) is 4.24. The van der Waals surface area contributed by atoms with Crippen molar-refractivity contribution >= 4 is 5.69 Å². The SMILES string of the molecule is N#Cc1ccc(N(CCC2OCC3(CNC3)CO2)Cc2ccc3c(c2)CCO3)cn1. The molecule has 5 rings (SSSR count). The molecule has 0 bridgehead atoms. The van der Waals surface area contributed by atoms with E-state index in [0.29, 0.717) is 5.69 Å². The van der Waals surface area contributed by atoms with Crippen LogP contribution < -0.4 is 15.0 Å². The van der Waals surface area contributed by atoms with E-state index in [1.54, 1.807) is 12.3 Å². The molecule has 1 aromatic heterocycles. The zero-order chi connectivity index (χ0) is 20.4. The molecular formula is C23H26N4O3. The topological polar surface area (TPSA) is 79.6 Å². The van der Waals surface area contributed by atoms with E-state index in [1.807, 2.05) is 6.07 Å². The molecule has 3 aliphatic rings. The van der Waals surface area contributed by atoms with E-state index in [1.165, 1.54) is 11.1 Å². The second-order valence-corrected chi connectivity index (χ2v) is 8.42. The molecule has 1 aromatic carbocycles. The van der Waals surface area contributed by atoms with E-state index in [9.17, 15) is 0 Å². The number of benzene rings is 1. The third kappa shape index (κ3) is 3.99. The molecule has 2 fully saturated rings. The van der Waals surface area contributed by atoms with E-state index in [2.05, 4.69) is 39.5 Å². The molecule has 30 heavy (non-hydrogen) atoms. The smallest absolute Gasteiger partial charge is 0.159 e. The molecule has 2 aromatic rings. The second kappa shape index (κ2) is 8.23. The van der Waals surface area contributed by atoms with Crippen LogP contribution in [-0.4, -0.2) is 50.7 Å². The van der Waals surface area contributed by atoms with Gasteiger partial charge in [-0.05, 0) is 29.3 Å². The fourth-order valence-corrected chi connectivity index (χ4v) is 4.24. The Morgan fingerprint density at radius 3 is 2.77 bits per heavy atom. The van der Waals surface area contributed by atoms with Gasteiger partial charge in [0.2, 0.25) is 0 Å². The fraction of sp³-hybridized carbons (Fsp3) is 0.478. The van der Waals surface area contributed by atoms with Crippen LogP contribution in [0.4, 0.5) is 5.69 Å². The molecule has 156 valence electrons. The van der Waals surface area contributed by atoms with Gasteiger partial charge in [0.1, 0.15) is 17.5 Å². The van der Waals surface area contributed by atoms with Crippen molar-refractivity contribution in [2.45, 2.75) is 25.7 Å². The summed E-state index contributed by atoms with van der Waals surface area (Å²) < 4.78 is 17.6. The number of anilines is 1. The monoisotopic (exact) mass is 406 g/mol. The Balaban J connectivity index is 1.27. The highest BCUT2D eigenvalue weighted by molar-refractivity contribution is 5.48. The van der Waals surface area contributed by atoms with Crippen LogP contribution in [0, 0.1) is 16.7 Å². The molecule has 0 radical (unpaired) electrons. The molecular weight excluding hydrogens is 380 g/mol. The standard InChI is InChI=1S/C23H26N4O3/c24-10-19-2-3-20(11-26-19)27(12-17-1-4-21-18(9-17)6-8-28-21)7-5-22-29-15-23(16-30-22)13-25-14-23/h1-4,9,11,22,25H,5-8,12-16H2. The van der Waals surface area contributed by atoms with Gasteiger partial charge in [-0.1, -0.05) is 12.1 Å². The maximum atomic E-state index is 9.06. The number of pyridine rings is 1. The maximum Gasteiger partial charge on any atom is 0.159 e. The Morgan fingerprint density at radius 2 is 2.07 bits per heavy atom. The summed E-state index contributed by atoms with van der Waals surface area (Å²) in [6, 6.07) is 12.2. The number of nitriles is 1. The van der Waals surface area contributed by atoms with Gasteiger partial charge in [-0.15, -0.1) is 0 Å². The van der Waals surface area contributed by atoms with Crippen molar-refractivity contribution in [2.75, 3.05) is 44.4 Å². The van der Waals surface area contributed by atoms with Gasteiger partial charge in [0.05, 0.1) is 31.7 Å². The molecule has 3 aliphatic heterocycles. The molecule has 2 saturated heterocycles. The summed E-state index contributed by atoms with van der Waals surface area (Å²) >= 11 is 0. The normalized spacial score (nSPS) is 19.6. The lowest BCUT2D eigenvalue weighted by Gasteiger charge is -2.46. The number of hydrogen-bond acceptors (Lipinski definition) is 7. The van der Waals surface area contributed by atoms with Crippen molar-refractivity contribution < 1.29 is 14.2 Å². The Hall–Kier alpha value is -2.66. The van der Waals surface area contributed by atoms with Crippen molar-refractivity contribution in [3.8, 4) is 11.8 Å². The number of rotatable bonds is 6. The zero-order valence-corrected chi connectivity index (χ0v) is 17.0. The van der Waals surface area contributed by atoms with Gasteiger partial charge >= 0.3 is 0 Å². The molecule has 0 atom stereocenters. The van der Waals surface area contributed by atoms with Crippen LogP contribution in [-0.2, 0) is 22.4 Å². The summed E-state index contributed by atoms with van der Waals surface area (Å²) in [4.78, 5) is 6.53. The van der Waals surface area contributed by atoms with E-state index in [0.717, 1.165) is 70.3 Å². The highest BCUT2D eigenvalue weighted by atomic mass is 16.7. The van der Waals surface area contributed by atoms with E-state index >= 15 is 0 Å². The van der Waals surface area contributed by atoms with Crippen LogP contribution in [0.15, 0.2) is 36.5 Å². The lowest BCUT2D eigenvalue weighted by Crippen LogP contribution is -2.61. The summed E-state index contributed by atoms with van der Waals surface area (Å²) in [6.45, 7) is 5.76. The van der Waals surface area contributed by atoms with Crippen molar-refractivity contribution in [3.05, 3.63) is 53.3 Å². The van der Waals surface area contributed by atoms with Crippen LogP contribution in [0.3, 0.4) is 0 Å². The number of aromatic nitrogens is 1. The maximum absolute atomic E-state index is 9.06. The third-order valence-electron chi connectivity index (χ3n) is 6.14. The van der Waals surface area contributed by atoms with Crippen molar-refractivity contribution in [1.29, 1.82) is 5.26 Å². The van der Waals surface area contributed by atoms with Crippen molar-refractivity contribution in [1.82, 2.24) is 10.3 Å². The van der Waals surface area contributed by atoms with E-state index in [4.69, 9.17) is 19.5 Å². The number of fused-ring (bicyclic) bond motifs is 1. The largest absolute Gasteiger partial charge is 0.493 e. The number of nitrogens with zero attached hydrogens (tertiary/aromatic N) is 3. The summed E-state index contributed by atoms with van der Waals surface area (Å²) in [7, 11) is 0. The van der Waals surface area contributed by atoms with Gasteiger partial charge in [0.25, 0.3) is 0 Å². The molecule has 7 heteroatoms. The first kappa shape index (κ1) is 19.3. The van der Waals surface area contributed by atoms with Gasteiger partial charge in [-0.2, -0.15) is 5.26 Å². The molecule has 0 unspecified atom stereocenters. The van der Waals surface area contributed by atoms with Gasteiger partial charge in [0.15, 0.2) is 6.29 Å². The summed E-state index contributed by atoms with van der Waals surface area (Å²) in [5.74, 6) is 0.994. The number of hydrogen-bond donors (Lipinski definition) is 1. The van der Waals surface area contributed by atoms with Gasteiger partial charge in [0, 0.05) is 44.4 Å². The Morgan fingerprint density at radius 1 is 1.20 bits per heavy atom. The molecule has 0 saturated carbocycles. The number of ether oxygens (including phenoxy) is 3. The van der Waals surface area contributed by atoms with Gasteiger partial charge in [-0.25, -0.2) is 4.98 Å². The Labute approximate surface area is 176 Å². The minimum Gasteiger partial charge on any atom is -0.493 e. The van der Waals surface area contributed by atoms with Crippen LogP contribution in [0.25, 0.3) is 0 Å². The summed E-state index contributed by atoms with van der Waals surface area (Å²) in [6.07, 6.45) is 3.32. The van der Waals surface area contributed by atoms with Crippen LogP contribution in [0.1, 0.15) is 23.2 Å².